The Morgan fingerprint density at radius 3 is 2.62 bits per heavy atom. The lowest BCUT2D eigenvalue weighted by Crippen LogP contribution is -2.04. The van der Waals surface area contributed by atoms with Crippen molar-refractivity contribution < 1.29 is 4.52 Å². The second-order valence-electron chi connectivity index (χ2n) is 6.57. The highest BCUT2D eigenvalue weighted by molar-refractivity contribution is 5.60. The Bertz CT molecular complexity index is 1050. The molecule has 0 aliphatic carbocycles. The maximum Gasteiger partial charge on any atom is 0.140 e. The molecule has 0 aliphatic rings. The topological polar surface area (TPSA) is 61.7 Å². The smallest absolute Gasteiger partial charge is 0.140 e. The molecular formula is C20H21N5O. The summed E-state index contributed by atoms with van der Waals surface area (Å²) in [6.45, 7) is 8.65. The minimum absolute atomic E-state index is 0.681. The van der Waals surface area contributed by atoms with Gasteiger partial charge in [0.1, 0.15) is 11.6 Å². The Hall–Kier alpha value is -3.15. The summed E-state index contributed by atoms with van der Waals surface area (Å²) < 4.78 is 9.36. The molecule has 4 rings (SSSR count). The van der Waals surface area contributed by atoms with Gasteiger partial charge >= 0.3 is 0 Å². The Kier molecular flexibility index (Phi) is 3.95. The monoisotopic (exact) mass is 347 g/mol. The molecule has 26 heavy (non-hydrogen) atoms. The Morgan fingerprint density at radius 1 is 1.08 bits per heavy atom. The molecule has 132 valence electrons. The standard InChI is InChI=1S/C20H21N5O/c1-13-10-14(2)25(22-13)18-7-5-6-17(11-18)20-21-8-9-24(20)12-19-15(3)23-26-16(19)4/h5-11H,12H2,1-4H3. The van der Waals surface area contributed by atoms with E-state index in [-0.39, 0.29) is 0 Å². The predicted octanol–water partition coefficient (Wildman–Crippen LogP) is 4.01. The molecule has 0 spiro atoms. The van der Waals surface area contributed by atoms with E-state index in [1.165, 1.54) is 0 Å². The van der Waals surface area contributed by atoms with Gasteiger partial charge < -0.3 is 9.09 Å². The molecule has 0 unspecified atom stereocenters. The molecule has 1 aromatic carbocycles. The number of nitrogens with zero attached hydrogens (tertiary/aromatic N) is 5. The van der Waals surface area contributed by atoms with Gasteiger partial charge in [-0.05, 0) is 45.9 Å². The fourth-order valence-corrected chi connectivity index (χ4v) is 3.26. The predicted molar refractivity (Wildman–Crippen MR) is 99.3 cm³/mol. The van der Waals surface area contributed by atoms with E-state index in [9.17, 15) is 0 Å². The average Bonchev–Trinajstić information content (AvgIpc) is 3.30. The minimum Gasteiger partial charge on any atom is -0.361 e. The Labute approximate surface area is 152 Å². The molecule has 0 radical (unpaired) electrons. The molecule has 0 amide bonds. The zero-order chi connectivity index (χ0) is 18.3. The molecule has 3 aromatic heterocycles. The maximum absolute atomic E-state index is 5.29. The van der Waals surface area contributed by atoms with Crippen LogP contribution in [0.2, 0.25) is 0 Å². The van der Waals surface area contributed by atoms with E-state index >= 15 is 0 Å². The van der Waals surface area contributed by atoms with E-state index in [0.717, 1.165) is 45.5 Å². The summed E-state index contributed by atoms with van der Waals surface area (Å²) >= 11 is 0. The third-order valence-electron chi connectivity index (χ3n) is 4.58. The van der Waals surface area contributed by atoms with Crippen molar-refractivity contribution in [2.24, 2.45) is 0 Å². The molecule has 0 N–H and O–H groups in total. The van der Waals surface area contributed by atoms with Gasteiger partial charge in [0.15, 0.2) is 0 Å². The molecule has 0 atom stereocenters. The molecular weight excluding hydrogens is 326 g/mol. The number of imidazole rings is 1. The molecule has 6 heteroatoms. The number of rotatable bonds is 4. The van der Waals surface area contributed by atoms with Crippen LogP contribution in [0.15, 0.2) is 47.2 Å². The first kappa shape index (κ1) is 16.3. The van der Waals surface area contributed by atoms with Crippen LogP contribution < -0.4 is 0 Å². The van der Waals surface area contributed by atoms with Gasteiger partial charge in [0.2, 0.25) is 0 Å². The third kappa shape index (κ3) is 2.83. The first-order valence-corrected chi connectivity index (χ1v) is 8.60. The number of benzene rings is 1. The van der Waals surface area contributed by atoms with E-state index < -0.39 is 0 Å². The molecule has 4 aromatic rings. The van der Waals surface area contributed by atoms with Crippen LogP contribution in [-0.2, 0) is 6.54 Å². The lowest BCUT2D eigenvalue weighted by molar-refractivity contribution is 0.392. The highest BCUT2D eigenvalue weighted by Crippen LogP contribution is 2.23. The van der Waals surface area contributed by atoms with E-state index in [1.54, 1.807) is 0 Å². The van der Waals surface area contributed by atoms with Crippen molar-refractivity contribution >= 4 is 0 Å². The lowest BCUT2D eigenvalue weighted by Gasteiger charge is -2.10. The zero-order valence-corrected chi connectivity index (χ0v) is 15.4. The van der Waals surface area contributed by atoms with Crippen molar-refractivity contribution in [3.05, 3.63) is 71.1 Å². The molecule has 0 saturated heterocycles. The van der Waals surface area contributed by atoms with Crippen molar-refractivity contribution in [2.75, 3.05) is 0 Å². The minimum atomic E-state index is 0.681. The van der Waals surface area contributed by atoms with E-state index in [4.69, 9.17) is 4.52 Å². The van der Waals surface area contributed by atoms with Crippen LogP contribution in [0.4, 0.5) is 0 Å². The highest BCUT2D eigenvalue weighted by Gasteiger charge is 2.14. The van der Waals surface area contributed by atoms with Gasteiger partial charge in [-0.3, -0.25) is 0 Å². The largest absolute Gasteiger partial charge is 0.361 e. The molecule has 6 nitrogen and oxygen atoms in total. The zero-order valence-electron chi connectivity index (χ0n) is 15.4. The van der Waals surface area contributed by atoms with E-state index in [2.05, 4.69) is 51.0 Å². The van der Waals surface area contributed by atoms with Crippen LogP contribution in [0.3, 0.4) is 0 Å². The quantitative estimate of drug-likeness (QED) is 0.560. The maximum atomic E-state index is 5.29. The molecule has 0 bridgehead atoms. The summed E-state index contributed by atoms with van der Waals surface area (Å²) in [6.07, 6.45) is 3.81. The van der Waals surface area contributed by atoms with Crippen molar-refractivity contribution in [2.45, 2.75) is 34.2 Å². The first-order valence-electron chi connectivity index (χ1n) is 8.60. The van der Waals surface area contributed by atoms with Crippen LogP contribution in [0.25, 0.3) is 17.1 Å². The summed E-state index contributed by atoms with van der Waals surface area (Å²) in [5.41, 5.74) is 6.20. The van der Waals surface area contributed by atoms with Gasteiger partial charge in [0, 0.05) is 29.2 Å². The summed E-state index contributed by atoms with van der Waals surface area (Å²) in [7, 11) is 0. The second kappa shape index (κ2) is 6.29. The van der Waals surface area contributed by atoms with Gasteiger partial charge in [-0.15, -0.1) is 0 Å². The molecule has 0 fully saturated rings. The van der Waals surface area contributed by atoms with E-state index in [0.29, 0.717) is 6.54 Å². The number of aryl methyl sites for hydroxylation is 4. The molecule has 0 saturated carbocycles. The number of hydrogen-bond donors (Lipinski definition) is 0. The van der Waals surface area contributed by atoms with Crippen LogP contribution in [-0.4, -0.2) is 24.5 Å². The van der Waals surface area contributed by atoms with Gasteiger partial charge in [-0.1, -0.05) is 17.3 Å². The lowest BCUT2D eigenvalue weighted by atomic mass is 10.1. The molecule has 0 aliphatic heterocycles. The number of aromatic nitrogens is 5. The molecule has 3 heterocycles. The van der Waals surface area contributed by atoms with Gasteiger partial charge in [-0.2, -0.15) is 5.10 Å². The SMILES string of the molecule is Cc1cc(C)n(-c2cccc(-c3nccn3Cc3c(C)noc3C)c2)n1. The Morgan fingerprint density at radius 2 is 1.92 bits per heavy atom. The van der Waals surface area contributed by atoms with Crippen molar-refractivity contribution in [1.82, 2.24) is 24.5 Å². The van der Waals surface area contributed by atoms with Crippen molar-refractivity contribution in [1.29, 1.82) is 0 Å². The summed E-state index contributed by atoms with van der Waals surface area (Å²) in [4.78, 5) is 4.57. The first-order chi connectivity index (χ1) is 12.5. The summed E-state index contributed by atoms with van der Waals surface area (Å²) in [5, 5.41) is 8.62. The van der Waals surface area contributed by atoms with Crippen LogP contribution in [0.1, 0.15) is 28.4 Å². The van der Waals surface area contributed by atoms with E-state index in [1.807, 2.05) is 43.9 Å². The average molecular weight is 347 g/mol. The van der Waals surface area contributed by atoms with Crippen LogP contribution in [0.5, 0.6) is 0 Å². The summed E-state index contributed by atoms with van der Waals surface area (Å²) in [5.74, 6) is 1.76. The second-order valence-corrected chi connectivity index (χ2v) is 6.57. The number of hydrogen-bond acceptors (Lipinski definition) is 4. The highest BCUT2D eigenvalue weighted by atomic mass is 16.5. The van der Waals surface area contributed by atoms with Crippen LogP contribution in [0, 0.1) is 27.7 Å². The van der Waals surface area contributed by atoms with Gasteiger partial charge in [-0.25, -0.2) is 9.67 Å². The van der Waals surface area contributed by atoms with Gasteiger partial charge in [0.05, 0.1) is 23.6 Å². The van der Waals surface area contributed by atoms with Crippen molar-refractivity contribution in [3.63, 3.8) is 0 Å². The fourth-order valence-electron chi connectivity index (χ4n) is 3.26. The van der Waals surface area contributed by atoms with Gasteiger partial charge in [0.25, 0.3) is 0 Å². The van der Waals surface area contributed by atoms with Crippen molar-refractivity contribution in [3.8, 4) is 17.1 Å². The third-order valence-corrected chi connectivity index (χ3v) is 4.58. The van der Waals surface area contributed by atoms with Crippen LogP contribution >= 0.6 is 0 Å². The summed E-state index contributed by atoms with van der Waals surface area (Å²) in [6, 6.07) is 10.4. The normalized spacial score (nSPS) is 11.2. The Balaban J connectivity index is 1.73. The fraction of sp³-hybridized carbons (Fsp3) is 0.250.